The minimum Gasteiger partial charge on any atom is -0.396 e. The molecule has 1 fully saturated rings. The summed E-state index contributed by atoms with van der Waals surface area (Å²) in [5.41, 5.74) is 6.62. The Morgan fingerprint density at radius 1 is 1.43 bits per heavy atom. The fourth-order valence-electron chi connectivity index (χ4n) is 2.66. The lowest BCUT2D eigenvalue weighted by atomic mass is 10.2. The van der Waals surface area contributed by atoms with Gasteiger partial charge in [0.1, 0.15) is 5.82 Å². The highest BCUT2D eigenvalue weighted by Gasteiger charge is 2.27. The second kappa shape index (κ2) is 6.39. The summed E-state index contributed by atoms with van der Waals surface area (Å²) < 4.78 is 0. The molecule has 0 aromatic carbocycles. The van der Waals surface area contributed by atoms with Gasteiger partial charge in [-0.15, -0.1) is 0 Å². The van der Waals surface area contributed by atoms with Gasteiger partial charge in [0.2, 0.25) is 0 Å². The number of hydrogen-bond donors (Lipinski definition) is 1. The maximum absolute atomic E-state index is 12.8. The highest BCUT2D eigenvalue weighted by molar-refractivity contribution is 5.97. The smallest absolute Gasteiger partial charge is 0.275 e. The van der Waals surface area contributed by atoms with Crippen LogP contribution in [0.1, 0.15) is 49.4 Å². The minimum atomic E-state index is -0.0837. The highest BCUT2D eigenvalue weighted by atomic mass is 16.2. The highest BCUT2D eigenvalue weighted by Crippen LogP contribution is 2.18. The zero-order valence-corrected chi connectivity index (χ0v) is 13.3. The van der Waals surface area contributed by atoms with E-state index in [0.29, 0.717) is 17.2 Å². The number of rotatable bonds is 2. The molecular weight excluding hydrogens is 266 g/mol. The van der Waals surface area contributed by atoms with Gasteiger partial charge in [0.25, 0.3) is 5.91 Å². The normalized spacial score (nSPS) is 20.6. The van der Waals surface area contributed by atoms with Gasteiger partial charge in [-0.2, -0.15) is 0 Å². The molecular formula is C15H25N5O. The van der Waals surface area contributed by atoms with Crippen LogP contribution in [0.25, 0.3) is 0 Å². The van der Waals surface area contributed by atoms with Crippen molar-refractivity contribution in [2.24, 2.45) is 0 Å². The molecule has 1 aliphatic rings. The Kier molecular flexibility index (Phi) is 4.77. The van der Waals surface area contributed by atoms with E-state index in [-0.39, 0.29) is 17.9 Å². The minimum absolute atomic E-state index is 0.0837. The summed E-state index contributed by atoms with van der Waals surface area (Å²) in [6, 6.07) is 0.155. The summed E-state index contributed by atoms with van der Waals surface area (Å²) >= 11 is 0. The summed E-state index contributed by atoms with van der Waals surface area (Å²) in [7, 11) is 2.08. The molecule has 1 unspecified atom stereocenters. The molecule has 116 valence electrons. The van der Waals surface area contributed by atoms with Gasteiger partial charge in [0.15, 0.2) is 5.69 Å². The number of nitrogens with two attached hydrogens (primary N) is 1. The molecule has 6 heteroatoms. The first-order valence-electron chi connectivity index (χ1n) is 7.52. The van der Waals surface area contributed by atoms with Crippen molar-refractivity contribution in [1.82, 2.24) is 19.8 Å². The van der Waals surface area contributed by atoms with E-state index in [2.05, 4.69) is 28.8 Å². The molecule has 6 nitrogen and oxygen atoms in total. The van der Waals surface area contributed by atoms with Crippen molar-refractivity contribution in [3.63, 3.8) is 0 Å². The Morgan fingerprint density at radius 3 is 2.81 bits per heavy atom. The van der Waals surface area contributed by atoms with Crippen LogP contribution in [0.15, 0.2) is 6.20 Å². The van der Waals surface area contributed by atoms with E-state index in [4.69, 9.17) is 5.73 Å². The molecule has 2 N–H and O–H groups in total. The van der Waals surface area contributed by atoms with E-state index >= 15 is 0 Å². The van der Waals surface area contributed by atoms with Crippen molar-refractivity contribution in [2.75, 3.05) is 32.4 Å². The molecule has 1 aromatic heterocycles. The number of aromatic nitrogens is 2. The van der Waals surface area contributed by atoms with Crippen molar-refractivity contribution in [3.8, 4) is 0 Å². The molecule has 0 spiro atoms. The second-order valence-corrected chi connectivity index (χ2v) is 6.15. The van der Waals surface area contributed by atoms with E-state index in [9.17, 15) is 4.79 Å². The first-order chi connectivity index (χ1) is 9.90. The Labute approximate surface area is 126 Å². The molecule has 1 amide bonds. The Bertz CT molecular complexity index is 517. The van der Waals surface area contributed by atoms with Gasteiger partial charge in [-0.05, 0) is 26.9 Å². The van der Waals surface area contributed by atoms with Crippen molar-refractivity contribution in [1.29, 1.82) is 0 Å². The molecule has 2 heterocycles. The number of nitrogens with zero attached hydrogens (tertiary/aromatic N) is 4. The van der Waals surface area contributed by atoms with Crippen LogP contribution in [-0.4, -0.2) is 58.4 Å². The zero-order chi connectivity index (χ0) is 15.6. The summed E-state index contributed by atoms with van der Waals surface area (Å²) in [6.45, 7) is 8.69. The number of anilines is 1. The van der Waals surface area contributed by atoms with Gasteiger partial charge in [-0.1, -0.05) is 13.8 Å². The lowest BCUT2D eigenvalue weighted by Crippen LogP contribution is -2.42. The van der Waals surface area contributed by atoms with E-state index in [1.54, 1.807) is 6.20 Å². The van der Waals surface area contributed by atoms with E-state index < -0.39 is 0 Å². The van der Waals surface area contributed by atoms with Crippen LogP contribution in [0.5, 0.6) is 0 Å². The lowest BCUT2D eigenvalue weighted by Gasteiger charge is -2.28. The van der Waals surface area contributed by atoms with E-state index in [1.807, 2.05) is 18.7 Å². The number of carbonyl (C=O) groups is 1. The van der Waals surface area contributed by atoms with Gasteiger partial charge < -0.3 is 15.5 Å². The number of likely N-dealkylation sites (N-methyl/N-ethyl adjacent to an activating group) is 1. The summed E-state index contributed by atoms with van der Waals surface area (Å²) in [6.07, 6.45) is 2.51. The molecule has 0 radical (unpaired) electrons. The molecule has 0 saturated carbocycles. The van der Waals surface area contributed by atoms with Crippen LogP contribution in [0.3, 0.4) is 0 Å². The average Bonchev–Trinajstić information content (AvgIpc) is 2.58. The Morgan fingerprint density at radius 2 is 2.14 bits per heavy atom. The third kappa shape index (κ3) is 3.50. The summed E-state index contributed by atoms with van der Waals surface area (Å²) in [5.74, 6) is 0.747. The first kappa shape index (κ1) is 15.7. The SMILES string of the molecule is CC(C)c1ncc(N)c(C(=O)N2CCCN(C)CC2C)n1. The molecule has 1 atom stereocenters. The van der Waals surface area contributed by atoms with Crippen molar-refractivity contribution in [3.05, 3.63) is 17.7 Å². The maximum Gasteiger partial charge on any atom is 0.275 e. The fraction of sp³-hybridized carbons (Fsp3) is 0.667. The number of amides is 1. The van der Waals surface area contributed by atoms with Crippen LogP contribution >= 0.6 is 0 Å². The van der Waals surface area contributed by atoms with Gasteiger partial charge in [0.05, 0.1) is 11.9 Å². The van der Waals surface area contributed by atoms with Crippen molar-refractivity contribution in [2.45, 2.75) is 39.2 Å². The Balaban J connectivity index is 2.28. The van der Waals surface area contributed by atoms with E-state index in [0.717, 1.165) is 26.1 Å². The van der Waals surface area contributed by atoms with Crippen molar-refractivity contribution < 1.29 is 4.79 Å². The molecule has 21 heavy (non-hydrogen) atoms. The van der Waals surface area contributed by atoms with Crippen molar-refractivity contribution >= 4 is 11.6 Å². The van der Waals surface area contributed by atoms with Crippen LogP contribution in [0.2, 0.25) is 0 Å². The third-order valence-corrected chi connectivity index (χ3v) is 3.86. The van der Waals surface area contributed by atoms with Gasteiger partial charge in [0, 0.05) is 25.0 Å². The largest absolute Gasteiger partial charge is 0.396 e. The Hall–Kier alpha value is -1.69. The monoisotopic (exact) mass is 291 g/mol. The number of carbonyl (C=O) groups excluding carboxylic acids is 1. The van der Waals surface area contributed by atoms with E-state index in [1.165, 1.54) is 0 Å². The molecule has 0 bridgehead atoms. The quantitative estimate of drug-likeness (QED) is 0.890. The molecule has 0 aliphatic carbocycles. The standard InChI is InChI=1S/C15H25N5O/c1-10(2)14-17-8-12(16)13(18-14)15(21)20-7-5-6-19(4)9-11(20)3/h8,10-11H,5-7,9,16H2,1-4H3. The average molecular weight is 291 g/mol. The van der Waals surface area contributed by atoms with Crippen LogP contribution < -0.4 is 5.73 Å². The predicted octanol–water partition coefficient (Wildman–Crippen LogP) is 1.35. The molecule has 2 rings (SSSR count). The summed E-state index contributed by atoms with van der Waals surface area (Å²) in [5, 5.41) is 0. The molecule has 1 saturated heterocycles. The molecule has 1 aliphatic heterocycles. The second-order valence-electron chi connectivity index (χ2n) is 6.15. The van der Waals surface area contributed by atoms with Crippen LogP contribution in [0.4, 0.5) is 5.69 Å². The fourth-order valence-corrected chi connectivity index (χ4v) is 2.66. The van der Waals surface area contributed by atoms with Crippen LogP contribution in [0, 0.1) is 0 Å². The molecule has 1 aromatic rings. The van der Waals surface area contributed by atoms with Gasteiger partial charge in [-0.25, -0.2) is 9.97 Å². The predicted molar refractivity (Wildman–Crippen MR) is 83.1 cm³/mol. The maximum atomic E-state index is 12.8. The third-order valence-electron chi connectivity index (χ3n) is 3.86. The number of nitrogen functional groups attached to an aromatic ring is 1. The number of hydrogen-bond acceptors (Lipinski definition) is 5. The summed E-state index contributed by atoms with van der Waals surface area (Å²) in [4.78, 5) is 25.5. The zero-order valence-electron chi connectivity index (χ0n) is 13.3. The van der Waals surface area contributed by atoms with Crippen LogP contribution in [-0.2, 0) is 0 Å². The topological polar surface area (TPSA) is 75.3 Å². The first-order valence-corrected chi connectivity index (χ1v) is 7.52. The van der Waals surface area contributed by atoms with Gasteiger partial charge >= 0.3 is 0 Å². The van der Waals surface area contributed by atoms with Gasteiger partial charge in [-0.3, -0.25) is 4.79 Å². The lowest BCUT2D eigenvalue weighted by molar-refractivity contribution is 0.0691.